The number of pyridine rings is 1. The topological polar surface area (TPSA) is 58.5 Å². The Hall–Kier alpha value is -1.78. The molecule has 5 nitrogen and oxygen atoms in total. The van der Waals surface area contributed by atoms with Gasteiger partial charge in [0.05, 0.1) is 12.7 Å². The van der Waals surface area contributed by atoms with Crippen LogP contribution in [0.2, 0.25) is 0 Å². The summed E-state index contributed by atoms with van der Waals surface area (Å²) in [6.45, 7) is 8.21. The minimum absolute atomic E-state index is 0.363. The van der Waals surface area contributed by atoms with Crippen molar-refractivity contribution in [2.75, 3.05) is 19.7 Å². The zero-order valence-corrected chi connectivity index (χ0v) is 11.3. The van der Waals surface area contributed by atoms with Crippen molar-refractivity contribution >= 4 is 5.96 Å². The van der Waals surface area contributed by atoms with Crippen LogP contribution in [-0.2, 0) is 0 Å². The molecule has 0 aromatic carbocycles. The molecule has 0 radical (unpaired) electrons. The van der Waals surface area contributed by atoms with Crippen LogP contribution in [0.25, 0.3) is 0 Å². The van der Waals surface area contributed by atoms with Gasteiger partial charge >= 0.3 is 0 Å². The van der Waals surface area contributed by atoms with Crippen LogP contribution in [0.3, 0.4) is 0 Å². The molecule has 0 saturated heterocycles. The molecular weight excluding hydrogens is 228 g/mol. The van der Waals surface area contributed by atoms with Crippen molar-refractivity contribution in [3.8, 4) is 5.75 Å². The van der Waals surface area contributed by atoms with Gasteiger partial charge < -0.3 is 15.4 Å². The standard InChI is InChI=1S/C13H22N4O/c1-4-15-13(17-11(2)3)16-8-9-18-12-6-5-7-14-10-12/h5-7,10-11H,4,8-9H2,1-3H3,(H2,15,16,17). The average molecular weight is 250 g/mol. The summed E-state index contributed by atoms with van der Waals surface area (Å²) in [6.07, 6.45) is 3.42. The summed E-state index contributed by atoms with van der Waals surface area (Å²) in [5.74, 6) is 1.59. The van der Waals surface area contributed by atoms with Crippen molar-refractivity contribution in [1.82, 2.24) is 15.6 Å². The molecule has 0 atom stereocenters. The Morgan fingerprint density at radius 2 is 2.33 bits per heavy atom. The van der Waals surface area contributed by atoms with E-state index >= 15 is 0 Å². The molecule has 1 rings (SSSR count). The molecule has 18 heavy (non-hydrogen) atoms. The third kappa shape index (κ3) is 6.08. The predicted octanol–water partition coefficient (Wildman–Crippen LogP) is 1.42. The molecular formula is C13H22N4O. The SMILES string of the molecule is CCNC(=NCCOc1cccnc1)NC(C)C. The van der Waals surface area contributed by atoms with Gasteiger partial charge in [-0.15, -0.1) is 0 Å². The molecule has 0 aliphatic heterocycles. The minimum Gasteiger partial charge on any atom is -0.490 e. The van der Waals surface area contributed by atoms with Gasteiger partial charge in [-0.2, -0.15) is 0 Å². The van der Waals surface area contributed by atoms with Gasteiger partial charge in [0.25, 0.3) is 0 Å². The van der Waals surface area contributed by atoms with Crippen molar-refractivity contribution in [2.45, 2.75) is 26.8 Å². The van der Waals surface area contributed by atoms with Crippen LogP contribution in [0.4, 0.5) is 0 Å². The molecule has 0 fully saturated rings. The Morgan fingerprint density at radius 3 is 2.94 bits per heavy atom. The molecule has 0 aliphatic carbocycles. The highest BCUT2D eigenvalue weighted by Gasteiger charge is 1.98. The summed E-state index contributed by atoms with van der Waals surface area (Å²) in [4.78, 5) is 8.40. The fraction of sp³-hybridized carbons (Fsp3) is 0.538. The summed E-state index contributed by atoms with van der Waals surface area (Å²) in [6, 6.07) is 4.10. The van der Waals surface area contributed by atoms with Gasteiger partial charge in [0.2, 0.25) is 0 Å². The van der Waals surface area contributed by atoms with Crippen LogP contribution in [-0.4, -0.2) is 36.7 Å². The Kier molecular flexibility index (Phi) is 6.61. The van der Waals surface area contributed by atoms with E-state index in [1.807, 2.05) is 19.1 Å². The van der Waals surface area contributed by atoms with E-state index < -0.39 is 0 Å². The molecule has 0 amide bonds. The van der Waals surface area contributed by atoms with E-state index in [0.717, 1.165) is 18.3 Å². The number of aliphatic imine (C=N–C) groups is 1. The smallest absolute Gasteiger partial charge is 0.191 e. The third-order valence-corrected chi connectivity index (χ3v) is 2.03. The molecule has 0 bridgehead atoms. The number of nitrogens with zero attached hydrogens (tertiary/aromatic N) is 2. The van der Waals surface area contributed by atoms with Crippen molar-refractivity contribution in [2.24, 2.45) is 4.99 Å². The van der Waals surface area contributed by atoms with Crippen LogP contribution < -0.4 is 15.4 Å². The summed E-state index contributed by atoms with van der Waals surface area (Å²) < 4.78 is 5.51. The maximum atomic E-state index is 5.51. The summed E-state index contributed by atoms with van der Waals surface area (Å²) in [5, 5.41) is 6.43. The molecule has 0 unspecified atom stereocenters. The zero-order chi connectivity index (χ0) is 13.2. The van der Waals surface area contributed by atoms with E-state index in [-0.39, 0.29) is 0 Å². The average Bonchev–Trinajstić information content (AvgIpc) is 2.35. The van der Waals surface area contributed by atoms with E-state index in [0.29, 0.717) is 19.2 Å². The Morgan fingerprint density at radius 1 is 1.50 bits per heavy atom. The van der Waals surface area contributed by atoms with Crippen LogP contribution in [0.1, 0.15) is 20.8 Å². The quantitative estimate of drug-likeness (QED) is 0.455. The van der Waals surface area contributed by atoms with Gasteiger partial charge in [-0.1, -0.05) is 0 Å². The second-order valence-corrected chi connectivity index (χ2v) is 4.10. The fourth-order valence-electron chi connectivity index (χ4n) is 1.35. The number of guanidine groups is 1. The molecule has 1 aromatic rings. The highest BCUT2D eigenvalue weighted by molar-refractivity contribution is 5.79. The number of ether oxygens (including phenoxy) is 1. The zero-order valence-electron chi connectivity index (χ0n) is 11.3. The van der Waals surface area contributed by atoms with Crippen molar-refractivity contribution in [3.05, 3.63) is 24.5 Å². The van der Waals surface area contributed by atoms with E-state index in [1.54, 1.807) is 12.4 Å². The Bertz CT molecular complexity index is 351. The van der Waals surface area contributed by atoms with E-state index in [4.69, 9.17) is 4.74 Å². The number of rotatable bonds is 6. The second kappa shape index (κ2) is 8.33. The summed E-state index contributed by atoms with van der Waals surface area (Å²) >= 11 is 0. The molecule has 0 saturated carbocycles. The second-order valence-electron chi connectivity index (χ2n) is 4.10. The van der Waals surface area contributed by atoms with Crippen LogP contribution in [0, 0.1) is 0 Å². The van der Waals surface area contributed by atoms with Gasteiger partial charge in [-0.25, -0.2) is 4.99 Å². The van der Waals surface area contributed by atoms with Crippen molar-refractivity contribution in [1.29, 1.82) is 0 Å². The first-order chi connectivity index (χ1) is 8.72. The lowest BCUT2D eigenvalue weighted by atomic mass is 10.4. The van der Waals surface area contributed by atoms with E-state index in [2.05, 4.69) is 34.5 Å². The van der Waals surface area contributed by atoms with Gasteiger partial charge in [0.1, 0.15) is 12.4 Å². The number of aromatic nitrogens is 1. The third-order valence-electron chi connectivity index (χ3n) is 2.03. The molecule has 5 heteroatoms. The van der Waals surface area contributed by atoms with Crippen molar-refractivity contribution < 1.29 is 4.74 Å². The summed E-state index contributed by atoms with van der Waals surface area (Å²) in [5.41, 5.74) is 0. The van der Waals surface area contributed by atoms with Crippen LogP contribution >= 0.6 is 0 Å². The maximum absolute atomic E-state index is 5.51. The van der Waals surface area contributed by atoms with Gasteiger partial charge in [-0.05, 0) is 32.9 Å². The van der Waals surface area contributed by atoms with Crippen LogP contribution in [0.15, 0.2) is 29.5 Å². The first-order valence-electron chi connectivity index (χ1n) is 6.30. The molecule has 0 spiro atoms. The summed E-state index contributed by atoms with van der Waals surface area (Å²) in [7, 11) is 0. The molecule has 1 aromatic heterocycles. The maximum Gasteiger partial charge on any atom is 0.191 e. The van der Waals surface area contributed by atoms with Gasteiger partial charge in [-0.3, -0.25) is 4.98 Å². The monoisotopic (exact) mass is 250 g/mol. The van der Waals surface area contributed by atoms with E-state index in [9.17, 15) is 0 Å². The number of hydrogen-bond acceptors (Lipinski definition) is 3. The highest BCUT2D eigenvalue weighted by atomic mass is 16.5. The van der Waals surface area contributed by atoms with E-state index in [1.165, 1.54) is 0 Å². The van der Waals surface area contributed by atoms with Gasteiger partial charge in [0, 0.05) is 18.8 Å². The first-order valence-corrected chi connectivity index (χ1v) is 6.30. The Balaban J connectivity index is 2.32. The highest BCUT2D eigenvalue weighted by Crippen LogP contribution is 2.05. The Labute approximate surface area is 109 Å². The van der Waals surface area contributed by atoms with Crippen LogP contribution in [0.5, 0.6) is 5.75 Å². The number of nitrogens with one attached hydrogen (secondary N) is 2. The lowest BCUT2D eigenvalue weighted by Crippen LogP contribution is -2.41. The largest absolute Gasteiger partial charge is 0.490 e. The molecule has 100 valence electrons. The molecule has 0 aliphatic rings. The van der Waals surface area contributed by atoms with Gasteiger partial charge in [0.15, 0.2) is 5.96 Å². The van der Waals surface area contributed by atoms with Crippen molar-refractivity contribution in [3.63, 3.8) is 0 Å². The first kappa shape index (κ1) is 14.3. The minimum atomic E-state index is 0.363. The predicted molar refractivity (Wildman–Crippen MR) is 74.0 cm³/mol. The molecule has 1 heterocycles. The lowest BCUT2D eigenvalue weighted by molar-refractivity contribution is 0.327. The molecule has 2 N–H and O–H groups in total. The lowest BCUT2D eigenvalue weighted by Gasteiger charge is -2.13. The fourth-order valence-corrected chi connectivity index (χ4v) is 1.35. The normalized spacial score (nSPS) is 11.4. The number of hydrogen-bond donors (Lipinski definition) is 2.